The summed E-state index contributed by atoms with van der Waals surface area (Å²) in [5.74, 6) is 1.12. The lowest BCUT2D eigenvalue weighted by atomic mass is 9.90. The molecule has 2 aliphatic carbocycles. The van der Waals surface area contributed by atoms with Crippen molar-refractivity contribution >= 4 is 5.91 Å². The molecule has 170 valence electrons. The number of carbonyl (C=O) groups excluding carboxylic acids is 1. The van der Waals surface area contributed by atoms with E-state index in [2.05, 4.69) is 19.1 Å². The maximum absolute atomic E-state index is 12.1. The highest BCUT2D eigenvalue weighted by molar-refractivity contribution is 5.77. The normalized spacial score (nSPS) is 31.6. The van der Waals surface area contributed by atoms with Gasteiger partial charge in [-0.3, -0.25) is 4.79 Å². The molecule has 5 atom stereocenters. The van der Waals surface area contributed by atoms with Crippen LogP contribution in [-0.2, 0) is 14.3 Å². The molecular weight excluding hydrogens is 382 g/mol. The Labute approximate surface area is 180 Å². The van der Waals surface area contributed by atoms with Crippen LogP contribution in [0.1, 0.15) is 51.9 Å². The van der Waals surface area contributed by atoms with Crippen molar-refractivity contribution < 1.29 is 24.5 Å². The van der Waals surface area contributed by atoms with Gasteiger partial charge in [-0.1, -0.05) is 50.0 Å². The number of hydrogen-bond donors (Lipinski definition) is 2. The van der Waals surface area contributed by atoms with Crippen LogP contribution in [0.2, 0.25) is 0 Å². The maximum atomic E-state index is 12.1. The number of ether oxygens (including phenoxy) is 2. The molecule has 0 radical (unpaired) electrons. The van der Waals surface area contributed by atoms with Gasteiger partial charge in [0.05, 0.1) is 32.0 Å². The molecule has 1 saturated heterocycles. The summed E-state index contributed by atoms with van der Waals surface area (Å²) in [5, 5.41) is 20.6. The zero-order chi connectivity index (χ0) is 21.3. The van der Waals surface area contributed by atoms with Gasteiger partial charge in [0.15, 0.2) is 0 Å². The molecule has 3 rings (SSSR count). The van der Waals surface area contributed by atoms with Crippen molar-refractivity contribution in [1.29, 1.82) is 0 Å². The molecular formula is C24H39NO5. The van der Waals surface area contributed by atoms with Crippen LogP contribution in [-0.4, -0.2) is 72.7 Å². The van der Waals surface area contributed by atoms with E-state index in [9.17, 15) is 15.0 Å². The van der Waals surface area contributed by atoms with Crippen LogP contribution in [0.3, 0.4) is 0 Å². The van der Waals surface area contributed by atoms with E-state index in [1.165, 1.54) is 5.57 Å². The first-order valence-electron chi connectivity index (χ1n) is 11.7. The third kappa shape index (κ3) is 6.64. The van der Waals surface area contributed by atoms with E-state index in [0.717, 1.165) is 44.9 Å². The van der Waals surface area contributed by atoms with Crippen LogP contribution in [0.5, 0.6) is 0 Å². The van der Waals surface area contributed by atoms with Gasteiger partial charge in [-0.25, -0.2) is 0 Å². The summed E-state index contributed by atoms with van der Waals surface area (Å²) in [4.78, 5) is 13.9. The first kappa shape index (κ1) is 23.5. The number of nitrogens with zero attached hydrogens (tertiary/aromatic N) is 1. The molecule has 1 aliphatic heterocycles. The van der Waals surface area contributed by atoms with Crippen LogP contribution in [0.25, 0.3) is 0 Å². The summed E-state index contributed by atoms with van der Waals surface area (Å²) in [6.45, 7) is 5.26. The number of aliphatic hydroxyl groups is 2. The molecule has 0 aromatic carbocycles. The average molecular weight is 422 g/mol. The highest BCUT2D eigenvalue weighted by atomic mass is 16.5. The van der Waals surface area contributed by atoms with Crippen molar-refractivity contribution in [2.24, 2.45) is 17.8 Å². The number of morpholine rings is 1. The highest BCUT2D eigenvalue weighted by Gasteiger charge is 2.44. The number of unbranched alkanes of at least 4 members (excludes halogenated alkanes) is 2. The van der Waals surface area contributed by atoms with E-state index in [0.29, 0.717) is 44.7 Å². The number of carbonyl (C=O) groups is 1. The Balaban J connectivity index is 1.41. The van der Waals surface area contributed by atoms with Crippen molar-refractivity contribution in [2.75, 3.05) is 39.5 Å². The summed E-state index contributed by atoms with van der Waals surface area (Å²) in [5.41, 5.74) is 1.37. The predicted molar refractivity (Wildman–Crippen MR) is 116 cm³/mol. The Morgan fingerprint density at radius 2 is 2.10 bits per heavy atom. The Bertz CT molecular complexity index is 598. The van der Waals surface area contributed by atoms with Gasteiger partial charge in [0.25, 0.3) is 0 Å². The third-order valence-corrected chi connectivity index (χ3v) is 6.85. The fourth-order valence-corrected chi connectivity index (χ4v) is 5.12. The van der Waals surface area contributed by atoms with Crippen molar-refractivity contribution in [1.82, 2.24) is 4.90 Å². The topological polar surface area (TPSA) is 79.2 Å². The average Bonchev–Trinajstić information content (AvgIpc) is 3.26. The lowest BCUT2D eigenvalue weighted by Gasteiger charge is -2.26. The Kier molecular flexibility index (Phi) is 9.37. The second-order valence-electron chi connectivity index (χ2n) is 9.03. The molecule has 1 heterocycles. The van der Waals surface area contributed by atoms with Crippen molar-refractivity contribution in [3.05, 3.63) is 23.8 Å². The lowest BCUT2D eigenvalue weighted by Crippen LogP contribution is -2.42. The van der Waals surface area contributed by atoms with Crippen LogP contribution >= 0.6 is 0 Å². The first-order valence-corrected chi connectivity index (χ1v) is 11.7. The molecule has 0 aromatic rings. The molecule has 2 saturated carbocycles. The number of aliphatic hydroxyl groups excluding tert-OH is 2. The van der Waals surface area contributed by atoms with E-state index in [1.54, 1.807) is 4.90 Å². The van der Waals surface area contributed by atoms with Gasteiger partial charge in [-0.15, -0.1) is 0 Å². The van der Waals surface area contributed by atoms with Gasteiger partial charge in [-0.2, -0.15) is 0 Å². The van der Waals surface area contributed by atoms with Gasteiger partial charge in [0.1, 0.15) is 6.61 Å². The molecule has 3 aliphatic rings. The molecule has 6 heteroatoms. The smallest absolute Gasteiger partial charge is 0.248 e. The highest BCUT2D eigenvalue weighted by Crippen LogP contribution is 2.50. The largest absolute Gasteiger partial charge is 0.392 e. The molecule has 30 heavy (non-hydrogen) atoms. The van der Waals surface area contributed by atoms with E-state index >= 15 is 0 Å². The van der Waals surface area contributed by atoms with Gasteiger partial charge in [0.2, 0.25) is 5.91 Å². The minimum atomic E-state index is -0.406. The van der Waals surface area contributed by atoms with Crippen molar-refractivity contribution in [3.8, 4) is 0 Å². The van der Waals surface area contributed by atoms with E-state index in [-0.39, 0.29) is 24.5 Å². The number of allylic oxidation sites excluding steroid dienone is 1. The molecule has 3 fully saturated rings. The van der Waals surface area contributed by atoms with Gasteiger partial charge in [0, 0.05) is 19.0 Å². The minimum Gasteiger partial charge on any atom is -0.392 e. The quantitative estimate of drug-likeness (QED) is 0.419. The summed E-state index contributed by atoms with van der Waals surface area (Å²) in [7, 11) is 0. The number of fused-ring (bicyclic) bond motifs is 1. The van der Waals surface area contributed by atoms with E-state index in [1.807, 2.05) is 6.08 Å². The Morgan fingerprint density at radius 1 is 1.30 bits per heavy atom. The predicted octanol–water partition coefficient (Wildman–Crippen LogP) is 2.69. The van der Waals surface area contributed by atoms with Crippen LogP contribution < -0.4 is 0 Å². The van der Waals surface area contributed by atoms with Crippen molar-refractivity contribution in [2.45, 2.75) is 64.1 Å². The summed E-state index contributed by atoms with van der Waals surface area (Å²) < 4.78 is 10.9. The molecule has 0 unspecified atom stereocenters. The monoisotopic (exact) mass is 421 g/mol. The third-order valence-electron chi connectivity index (χ3n) is 6.85. The molecule has 0 spiro atoms. The fourth-order valence-electron chi connectivity index (χ4n) is 5.12. The molecule has 0 bridgehead atoms. The fraction of sp³-hybridized carbons (Fsp3) is 0.792. The van der Waals surface area contributed by atoms with E-state index in [4.69, 9.17) is 9.47 Å². The number of amides is 1. The van der Waals surface area contributed by atoms with Gasteiger partial charge in [-0.05, 0) is 37.5 Å². The minimum absolute atomic E-state index is 0.0332. The summed E-state index contributed by atoms with van der Waals surface area (Å²) >= 11 is 0. The van der Waals surface area contributed by atoms with Crippen LogP contribution in [0, 0.1) is 17.8 Å². The van der Waals surface area contributed by atoms with Gasteiger partial charge >= 0.3 is 0 Å². The lowest BCUT2D eigenvalue weighted by molar-refractivity contribution is -0.139. The molecule has 0 aromatic heterocycles. The number of hydrogen-bond acceptors (Lipinski definition) is 5. The zero-order valence-electron chi connectivity index (χ0n) is 18.4. The zero-order valence-corrected chi connectivity index (χ0v) is 18.4. The van der Waals surface area contributed by atoms with Gasteiger partial charge < -0.3 is 24.6 Å². The first-order chi connectivity index (χ1) is 14.6. The van der Waals surface area contributed by atoms with Crippen LogP contribution in [0.15, 0.2) is 23.8 Å². The molecule has 2 N–H and O–H groups in total. The second-order valence-corrected chi connectivity index (χ2v) is 9.03. The second kappa shape index (κ2) is 12.0. The summed E-state index contributed by atoms with van der Waals surface area (Å²) in [6, 6.07) is 0. The Hall–Kier alpha value is -1.21. The van der Waals surface area contributed by atoms with E-state index < -0.39 is 6.10 Å². The Morgan fingerprint density at radius 3 is 2.87 bits per heavy atom. The molecule has 6 nitrogen and oxygen atoms in total. The standard InChI is InChI=1S/C24H39NO5/c1-2-3-4-5-20(26)6-7-21-22-15-18(14-19(22)16-23(21)27)8-11-30-17-24(28)25-9-12-29-13-10-25/h6-8,19-23,26-27H,2-5,9-17H2,1H3/t19-,20-,21+,22-,23+/m0/s1. The summed E-state index contributed by atoms with van der Waals surface area (Å²) in [6.07, 6.45) is 12.3. The van der Waals surface area contributed by atoms with Crippen molar-refractivity contribution in [3.63, 3.8) is 0 Å². The number of rotatable bonds is 10. The van der Waals surface area contributed by atoms with Crippen LogP contribution in [0.4, 0.5) is 0 Å². The SMILES string of the molecule is CCCCC[C@H](O)C=C[C@@H]1[C@H]2CC(=CCOCC(=O)N3CCOCC3)C[C@H]2C[C@H]1O. The molecule has 1 amide bonds. The maximum Gasteiger partial charge on any atom is 0.248 e.